The van der Waals surface area contributed by atoms with E-state index in [0.717, 1.165) is 5.56 Å². The highest BCUT2D eigenvalue weighted by atomic mass is 79.9. The van der Waals surface area contributed by atoms with Gasteiger partial charge in [-0.3, -0.25) is 9.59 Å². The van der Waals surface area contributed by atoms with Crippen LogP contribution in [0.25, 0.3) is 0 Å². The number of nitrogens with one attached hydrogen (secondary N) is 2. The van der Waals surface area contributed by atoms with E-state index < -0.39 is 11.7 Å². The summed E-state index contributed by atoms with van der Waals surface area (Å²) in [5.74, 6) is -1.20. The van der Waals surface area contributed by atoms with Gasteiger partial charge in [0.05, 0.1) is 5.56 Å². The fourth-order valence-corrected chi connectivity index (χ4v) is 2.22. The molecule has 2 N–H and O–H groups in total. The van der Waals surface area contributed by atoms with Gasteiger partial charge in [-0.15, -0.1) is 0 Å². The number of carbonyl (C=O) groups excluding carboxylic acids is 2. The van der Waals surface area contributed by atoms with Crippen LogP contribution in [0.2, 0.25) is 0 Å². The van der Waals surface area contributed by atoms with E-state index in [1.54, 1.807) is 24.3 Å². The second-order valence-electron chi connectivity index (χ2n) is 4.68. The number of hydrogen-bond donors (Lipinski definition) is 2. The van der Waals surface area contributed by atoms with E-state index in [9.17, 15) is 14.0 Å². The summed E-state index contributed by atoms with van der Waals surface area (Å²) < 4.78 is 14.2. The number of rotatable bonds is 4. The van der Waals surface area contributed by atoms with E-state index >= 15 is 0 Å². The lowest BCUT2D eigenvalue weighted by molar-refractivity contribution is -0.114. The van der Waals surface area contributed by atoms with Gasteiger partial charge >= 0.3 is 0 Å². The van der Waals surface area contributed by atoms with Gasteiger partial charge in [-0.2, -0.15) is 0 Å². The Balaban J connectivity index is 1.99. The summed E-state index contributed by atoms with van der Waals surface area (Å²) >= 11 is 3.21. The van der Waals surface area contributed by atoms with E-state index in [4.69, 9.17) is 0 Å². The van der Waals surface area contributed by atoms with Crippen LogP contribution in [0.15, 0.2) is 46.9 Å². The molecule has 0 radical (unpaired) electrons. The van der Waals surface area contributed by atoms with Crippen molar-refractivity contribution in [2.75, 3.05) is 5.32 Å². The lowest BCUT2D eigenvalue weighted by Gasteiger charge is -2.08. The molecule has 0 unspecified atom stereocenters. The maximum absolute atomic E-state index is 13.6. The Kier molecular flexibility index (Phi) is 5.27. The van der Waals surface area contributed by atoms with E-state index in [2.05, 4.69) is 26.6 Å². The monoisotopic (exact) mass is 364 g/mol. The first-order valence-electron chi connectivity index (χ1n) is 6.55. The quantitative estimate of drug-likeness (QED) is 0.872. The van der Waals surface area contributed by atoms with Crippen molar-refractivity contribution < 1.29 is 14.0 Å². The smallest absolute Gasteiger partial charge is 0.254 e. The fraction of sp³-hybridized carbons (Fsp3) is 0.125. The molecule has 0 aliphatic carbocycles. The zero-order chi connectivity index (χ0) is 16.1. The molecule has 0 aromatic heterocycles. The Morgan fingerprint density at radius 2 is 1.82 bits per heavy atom. The molecule has 0 spiro atoms. The summed E-state index contributed by atoms with van der Waals surface area (Å²) in [6.45, 7) is 1.70. The molecule has 0 atom stereocenters. The third-order valence-corrected chi connectivity index (χ3v) is 3.39. The lowest BCUT2D eigenvalue weighted by Crippen LogP contribution is -2.23. The van der Waals surface area contributed by atoms with Crippen LogP contribution < -0.4 is 10.6 Å². The zero-order valence-corrected chi connectivity index (χ0v) is 13.4. The number of halogens is 2. The molecule has 0 fully saturated rings. The summed E-state index contributed by atoms with van der Waals surface area (Å²) in [7, 11) is 0. The van der Waals surface area contributed by atoms with Crippen molar-refractivity contribution in [1.82, 2.24) is 5.32 Å². The number of amides is 2. The van der Waals surface area contributed by atoms with Gasteiger partial charge in [0.15, 0.2) is 0 Å². The molecule has 2 aromatic rings. The van der Waals surface area contributed by atoms with Crippen molar-refractivity contribution in [2.45, 2.75) is 13.5 Å². The molecule has 0 saturated carbocycles. The Morgan fingerprint density at radius 1 is 1.14 bits per heavy atom. The molecule has 0 heterocycles. The van der Waals surface area contributed by atoms with Crippen molar-refractivity contribution in [3.8, 4) is 0 Å². The van der Waals surface area contributed by atoms with Gasteiger partial charge in [0.1, 0.15) is 5.82 Å². The second kappa shape index (κ2) is 7.17. The van der Waals surface area contributed by atoms with Gasteiger partial charge in [-0.25, -0.2) is 4.39 Å². The van der Waals surface area contributed by atoms with Crippen LogP contribution in [-0.4, -0.2) is 11.8 Å². The topological polar surface area (TPSA) is 58.2 Å². The number of anilines is 1. The zero-order valence-electron chi connectivity index (χ0n) is 11.8. The van der Waals surface area contributed by atoms with E-state index in [1.165, 1.54) is 25.1 Å². The van der Waals surface area contributed by atoms with Crippen LogP contribution in [0.4, 0.5) is 10.1 Å². The highest BCUT2D eigenvalue weighted by molar-refractivity contribution is 9.10. The van der Waals surface area contributed by atoms with Gasteiger partial charge in [0.25, 0.3) is 5.91 Å². The molecule has 0 aliphatic rings. The van der Waals surface area contributed by atoms with Crippen LogP contribution in [0.1, 0.15) is 22.8 Å². The van der Waals surface area contributed by atoms with Crippen LogP contribution in [0, 0.1) is 5.82 Å². The van der Waals surface area contributed by atoms with Gasteiger partial charge < -0.3 is 10.6 Å². The molecular formula is C16H14BrFN2O2. The minimum absolute atomic E-state index is 0.00996. The SMILES string of the molecule is CC(=O)Nc1ccc(CNC(=O)c2cc(Br)ccc2F)cc1. The Morgan fingerprint density at radius 3 is 2.45 bits per heavy atom. The van der Waals surface area contributed by atoms with Crippen LogP contribution in [0.3, 0.4) is 0 Å². The van der Waals surface area contributed by atoms with Crippen LogP contribution in [-0.2, 0) is 11.3 Å². The highest BCUT2D eigenvalue weighted by Gasteiger charge is 2.11. The average molecular weight is 365 g/mol. The van der Waals surface area contributed by atoms with Gasteiger partial charge in [0, 0.05) is 23.6 Å². The number of carbonyl (C=O) groups is 2. The molecule has 4 nitrogen and oxygen atoms in total. The first kappa shape index (κ1) is 16.2. The molecule has 6 heteroatoms. The number of hydrogen-bond acceptors (Lipinski definition) is 2. The summed E-state index contributed by atoms with van der Waals surface area (Å²) in [5, 5.41) is 5.31. The lowest BCUT2D eigenvalue weighted by atomic mass is 10.1. The summed E-state index contributed by atoms with van der Waals surface area (Å²) in [5.41, 5.74) is 1.52. The first-order chi connectivity index (χ1) is 10.5. The molecule has 2 amide bonds. The first-order valence-corrected chi connectivity index (χ1v) is 7.35. The summed E-state index contributed by atoms with van der Waals surface area (Å²) in [6, 6.07) is 11.2. The third kappa shape index (κ3) is 4.39. The molecule has 0 saturated heterocycles. The Labute approximate surface area is 135 Å². The normalized spacial score (nSPS) is 10.1. The van der Waals surface area contributed by atoms with Gasteiger partial charge in [-0.05, 0) is 35.9 Å². The molecule has 0 bridgehead atoms. The molecule has 114 valence electrons. The molecule has 2 aromatic carbocycles. The van der Waals surface area contributed by atoms with E-state index in [-0.39, 0.29) is 18.0 Å². The Bertz CT molecular complexity index is 702. The molecule has 0 aliphatic heterocycles. The van der Waals surface area contributed by atoms with E-state index in [1.807, 2.05) is 0 Å². The minimum Gasteiger partial charge on any atom is -0.348 e. The predicted octanol–water partition coefficient (Wildman–Crippen LogP) is 3.48. The molecule has 22 heavy (non-hydrogen) atoms. The molecular weight excluding hydrogens is 351 g/mol. The van der Waals surface area contributed by atoms with Crippen molar-refractivity contribution >= 4 is 33.4 Å². The average Bonchev–Trinajstić information content (AvgIpc) is 2.48. The maximum atomic E-state index is 13.6. The van der Waals surface area contributed by atoms with Crippen molar-refractivity contribution in [3.05, 3.63) is 63.9 Å². The number of benzene rings is 2. The van der Waals surface area contributed by atoms with Crippen molar-refractivity contribution in [2.24, 2.45) is 0 Å². The van der Waals surface area contributed by atoms with Crippen molar-refractivity contribution in [3.63, 3.8) is 0 Å². The minimum atomic E-state index is -0.568. The fourth-order valence-electron chi connectivity index (χ4n) is 1.86. The van der Waals surface area contributed by atoms with E-state index in [0.29, 0.717) is 10.2 Å². The van der Waals surface area contributed by atoms with Crippen LogP contribution >= 0.6 is 15.9 Å². The third-order valence-electron chi connectivity index (χ3n) is 2.90. The van der Waals surface area contributed by atoms with Gasteiger partial charge in [0.2, 0.25) is 5.91 Å². The van der Waals surface area contributed by atoms with Gasteiger partial charge in [-0.1, -0.05) is 28.1 Å². The standard InChI is InChI=1S/C16H14BrFN2O2/c1-10(21)20-13-5-2-11(3-6-13)9-19-16(22)14-8-12(17)4-7-15(14)18/h2-8H,9H2,1H3,(H,19,22)(H,20,21). The van der Waals surface area contributed by atoms with Crippen LogP contribution in [0.5, 0.6) is 0 Å². The largest absolute Gasteiger partial charge is 0.348 e. The van der Waals surface area contributed by atoms with Crippen molar-refractivity contribution in [1.29, 1.82) is 0 Å². The maximum Gasteiger partial charge on any atom is 0.254 e. The second-order valence-corrected chi connectivity index (χ2v) is 5.60. The predicted molar refractivity (Wildman–Crippen MR) is 86.0 cm³/mol. The Hall–Kier alpha value is -2.21. The molecule has 2 rings (SSSR count). The summed E-state index contributed by atoms with van der Waals surface area (Å²) in [4.78, 5) is 22.9. The summed E-state index contributed by atoms with van der Waals surface area (Å²) in [6.07, 6.45) is 0. The highest BCUT2D eigenvalue weighted by Crippen LogP contribution is 2.16.